The van der Waals surface area contributed by atoms with Crippen molar-refractivity contribution in [3.8, 4) is 0 Å². The number of carbonyl (C=O) groups is 1. The van der Waals surface area contributed by atoms with Gasteiger partial charge in [0.05, 0.1) is 11.0 Å². The van der Waals surface area contributed by atoms with Gasteiger partial charge >= 0.3 is 0 Å². The molecule has 2 aliphatic rings. The van der Waals surface area contributed by atoms with Crippen molar-refractivity contribution in [3.63, 3.8) is 0 Å². The van der Waals surface area contributed by atoms with Gasteiger partial charge in [-0.1, -0.05) is 18.2 Å². The molecule has 1 aromatic heterocycles. The fourth-order valence-electron chi connectivity index (χ4n) is 3.85. The number of aliphatic hydroxyl groups is 1. The molecule has 4 nitrogen and oxygen atoms in total. The third-order valence-corrected chi connectivity index (χ3v) is 6.25. The molecular weight excluding hydrogens is 308 g/mol. The zero-order valence-electron chi connectivity index (χ0n) is 13.1. The zero-order chi connectivity index (χ0) is 15.8. The summed E-state index contributed by atoms with van der Waals surface area (Å²) in [7, 11) is 0. The molecule has 1 aromatic carbocycles. The van der Waals surface area contributed by atoms with Crippen molar-refractivity contribution in [3.05, 3.63) is 35.2 Å². The van der Waals surface area contributed by atoms with Crippen molar-refractivity contribution in [2.24, 2.45) is 0 Å². The molecule has 1 saturated heterocycles. The van der Waals surface area contributed by atoms with Crippen LogP contribution in [0.1, 0.15) is 28.9 Å². The van der Waals surface area contributed by atoms with Crippen LogP contribution in [0.4, 0.5) is 0 Å². The molecule has 5 heteroatoms. The molecule has 4 rings (SSSR count). The Morgan fingerprint density at radius 1 is 1.13 bits per heavy atom. The van der Waals surface area contributed by atoms with Crippen LogP contribution in [0, 0.1) is 0 Å². The highest BCUT2D eigenvalue weighted by atomic mass is 32.1. The lowest BCUT2D eigenvalue weighted by Crippen LogP contribution is -2.53. The maximum Gasteiger partial charge on any atom is 0.264 e. The van der Waals surface area contributed by atoms with Crippen LogP contribution in [0.25, 0.3) is 10.1 Å². The van der Waals surface area contributed by atoms with Crippen molar-refractivity contribution in [1.82, 2.24) is 9.80 Å². The Morgan fingerprint density at radius 2 is 1.91 bits per heavy atom. The average Bonchev–Trinajstić information content (AvgIpc) is 3.20. The summed E-state index contributed by atoms with van der Waals surface area (Å²) in [6.45, 7) is 3.27. The summed E-state index contributed by atoms with van der Waals surface area (Å²) in [4.78, 5) is 17.9. The predicted octanol–water partition coefficient (Wildman–Crippen LogP) is 2.57. The van der Waals surface area contributed by atoms with Crippen LogP contribution in [-0.2, 0) is 0 Å². The molecule has 1 amide bonds. The van der Waals surface area contributed by atoms with Gasteiger partial charge in [-0.2, -0.15) is 0 Å². The van der Waals surface area contributed by atoms with Gasteiger partial charge in [0.1, 0.15) is 0 Å². The van der Waals surface area contributed by atoms with E-state index in [1.54, 1.807) is 11.3 Å². The van der Waals surface area contributed by atoms with Crippen molar-refractivity contribution >= 4 is 27.3 Å². The lowest BCUT2D eigenvalue weighted by atomic mass is 10.1. The van der Waals surface area contributed by atoms with E-state index in [9.17, 15) is 9.90 Å². The van der Waals surface area contributed by atoms with E-state index in [0.29, 0.717) is 6.04 Å². The van der Waals surface area contributed by atoms with E-state index in [-0.39, 0.29) is 12.0 Å². The van der Waals surface area contributed by atoms with Crippen LogP contribution < -0.4 is 0 Å². The molecule has 2 heterocycles. The number of piperazine rings is 1. The van der Waals surface area contributed by atoms with Gasteiger partial charge in [-0.05, 0) is 36.8 Å². The molecular formula is C18H22N2O2S. The largest absolute Gasteiger partial charge is 0.391 e. The number of aliphatic hydroxyl groups excluding tert-OH is 1. The summed E-state index contributed by atoms with van der Waals surface area (Å²) in [6.07, 6.45) is 2.95. The number of thiophene rings is 1. The van der Waals surface area contributed by atoms with Gasteiger partial charge in [0, 0.05) is 36.9 Å². The topological polar surface area (TPSA) is 43.8 Å². The molecule has 1 saturated carbocycles. The van der Waals surface area contributed by atoms with E-state index >= 15 is 0 Å². The first-order chi connectivity index (χ1) is 11.2. The SMILES string of the molecule is O=C(c1cc2ccccc2s1)N1CCN([C@@H]2CCC[C@H]2O)CC1. The lowest BCUT2D eigenvalue weighted by molar-refractivity contribution is 0.0318. The number of benzene rings is 1. The summed E-state index contributed by atoms with van der Waals surface area (Å²) >= 11 is 1.58. The zero-order valence-corrected chi connectivity index (χ0v) is 14.0. The number of hydrogen-bond donors (Lipinski definition) is 1. The minimum Gasteiger partial charge on any atom is -0.391 e. The van der Waals surface area contributed by atoms with Gasteiger partial charge < -0.3 is 10.0 Å². The van der Waals surface area contributed by atoms with Gasteiger partial charge in [0.2, 0.25) is 0 Å². The van der Waals surface area contributed by atoms with Crippen LogP contribution in [-0.4, -0.2) is 59.1 Å². The Morgan fingerprint density at radius 3 is 2.61 bits per heavy atom. The van der Waals surface area contributed by atoms with E-state index in [1.807, 2.05) is 23.1 Å². The lowest BCUT2D eigenvalue weighted by Gasteiger charge is -2.38. The van der Waals surface area contributed by atoms with E-state index in [2.05, 4.69) is 17.0 Å². The van der Waals surface area contributed by atoms with Gasteiger partial charge in [0.15, 0.2) is 0 Å². The van der Waals surface area contributed by atoms with Gasteiger partial charge in [-0.3, -0.25) is 9.69 Å². The second kappa shape index (κ2) is 6.23. The first kappa shape index (κ1) is 15.1. The van der Waals surface area contributed by atoms with E-state index in [4.69, 9.17) is 0 Å². The standard InChI is InChI=1S/C18H22N2O2S/c21-15-6-3-5-14(15)19-8-10-20(11-9-19)18(22)17-12-13-4-1-2-7-16(13)23-17/h1-2,4,7,12,14-15,21H,3,5-6,8-11H2/t14-,15-/m1/s1. The first-order valence-corrected chi connectivity index (χ1v) is 9.24. The maximum atomic E-state index is 12.7. The van der Waals surface area contributed by atoms with Gasteiger partial charge in [-0.15, -0.1) is 11.3 Å². The molecule has 1 aliphatic heterocycles. The van der Waals surface area contributed by atoms with E-state index < -0.39 is 0 Å². The van der Waals surface area contributed by atoms with Crippen molar-refractivity contribution in [2.45, 2.75) is 31.4 Å². The van der Waals surface area contributed by atoms with E-state index in [1.165, 1.54) is 4.70 Å². The summed E-state index contributed by atoms with van der Waals surface area (Å²) in [6, 6.07) is 10.5. The van der Waals surface area contributed by atoms with Gasteiger partial charge in [0.25, 0.3) is 5.91 Å². The van der Waals surface area contributed by atoms with Crippen LogP contribution in [0.5, 0.6) is 0 Å². The third-order valence-electron chi connectivity index (χ3n) is 5.15. The molecule has 2 atom stereocenters. The molecule has 0 spiro atoms. The van der Waals surface area contributed by atoms with E-state index in [0.717, 1.165) is 55.7 Å². The highest BCUT2D eigenvalue weighted by Gasteiger charge is 2.33. The number of hydrogen-bond acceptors (Lipinski definition) is 4. The Kier molecular flexibility index (Phi) is 4.09. The molecule has 0 radical (unpaired) electrons. The molecule has 2 aromatic rings. The molecule has 1 aliphatic carbocycles. The number of fused-ring (bicyclic) bond motifs is 1. The van der Waals surface area contributed by atoms with Crippen LogP contribution in [0.3, 0.4) is 0 Å². The summed E-state index contributed by atoms with van der Waals surface area (Å²) < 4.78 is 1.17. The number of amides is 1. The average molecular weight is 330 g/mol. The smallest absolute Gasteiger partial charge is 0.264 e. The van der Waals surface area contributed by atoms with Crippen LogP contribution >= 0.6 is 11.3 Å². The molecule has 0 unspecified atom stereocenters. The molecule has 122 valence electrons. The Hall–Kier alpha value is -1.43. The highest BCUT2D eigenvalue weighted by Crippen LogP contribution is 2.28. The Balaban J connectivity index is 1.42. The second-order valence-electron chi connectivity index (χ2n) is 6.54. The fourth-order valence-corrected chi connectivity index (χ4v) is 4.88. The minimum absolute atomic E-state index is 0.151. The number of rotatable bonds is 2. The van der Waals surface area contributed by atoms with Crippen LogP contribution in [0.15, 0.2) is 30.3 Å². The van der Waals surface area contributed by atoms with Crippen molar-refractivity contribution in [1.29, 1.82) is 0 Å². The monoisotopic (exact) mass is 330 g/mol. The van der Waals surface area contributed by atoms with Crippen molar-refractivity contribution < 1.29 is 9.90 Å². The van der Waals surface area contributed by atoms with Crippen LogP contribution in [0.2, 0.25) is 0 Å². The summed E-state index contributed by atoms with van der Waals surface area (Å²) in [5, 5.41) is 11.2. The summed E-state index contributed by atoms with van der Waals surface area (Å²) in [5.74, 6) is 0.151. The fraction of sp³-hybridized carbons (Fsp3) is 0.500. The van der Waals surface area contributed by atoms with Crippen molar-refractivity contribution in [2.75, 3.05) is 26.2 Å². The highest BCUT2D eigenvalue weighted by molar-refractivity contribution is 7.20. The number of nitrogens with zero attached hydrogens (tertiary/aromatic N) is 2. The third kappa shape index (κ3) is 2.89. The molecule has 0 bridgehead atoms. The second-order valence-corrected chi connectivity index (χ2v) is 7.63. The Labute approximate surface area is 140 Å². The Bertz CT molecular complexity index is 673. The maximum absolute atomic E-state index is 12.7. The quantitative estimate of drug-likeness (QED) is 0.920. The van der Waals surface area contributed by atoms with Gasteiger partial charge in [-0.25, -0.2) is 0 Å². The predicted molar refractivity (Wildman–Crippen MR) is 92.9 cm³/mol. The molecule has 2 fully saturated rings. The molecule has 23 heavy (non-hydrogen) atoms. The molecule has 1 N–H and O–H groups in total. The first-order valence-electron chi connectivity index (χ1n) is 8.42. The minimum atomic E-state index is -0.181. The summed E-state index contributed by atoms with van der Waals surface area (Å²) in [5.41, 5.74) is 0. The normalized spacial score (nSPS) is 26.0. The number of carbonyl (C=O) groups excluding carboxylic acids is 1.